The molecule has 2 heterocycles. The number of amides is 1. The van der Waals surface area contributed by atoms with Crippen LogP contribution in [-0.2, 0) is 0 Å². The van der Waals surface area contributed by atoms with Crippen molar-refractivity contribution in [1.82, 2.24) is 15.2 Å². The molecule has 1 fully saturated rings. The lowest BCUT2D eigenvalue weighted by Crippen LogP contribution is -2.31. The van der Waals surface area contributed by atoms with Gasteiger partial charge in [0, 0.05) is 19.6 Å². The lowest BCUT2D eigenvalue weighted by Gasteiger charge is -2.12. The summed E-state index contributed by atoms with van der Waals surface area (Å²) in [7, 11) is 2.10. The number of carbonyl (C=O) groups excluding carboxylic acids is 1. The number of likely N-dealkylation sites (tertiary alicyclic amines) is 1. The van der Waals surface area contributed by atoms with Crippen LogP contribution in [0.4, 0.5) is 5.82 Å². The molecular formula is C14H21ClN4O. The highest BCUT2D eigenvalue weighted by Gasteiger charge is 2.21. The average molecular weight is 297 g/mol. The maximum atomic E-state index is 12.2. The molecule has 1 amide bonds. The van der Waals surface area contributed by atoms with E-state index in [-0.39, 0.29) is 11.6 Å². The Hall–Kier alpha value is -1.33. The molecule has 1 saturated heterocycles. The molecule has 1 aromatic heterocycles. The van der Waals surface area contributed by atoms with Crippen molar-refractivity contribution in [3.05, 3.63) is 22.8 Å². The van der Waals surface area contributed by atoms with Crippen molar-refractivity contribution in [2.24, 2.45) is 5.92 Å². The molecule has 6 heteroatoms. The Balaban J connectivity index is 1.96. The summed E-state index contributed by atoms with van der Waals surface area (Å²) >= 11 is 6.05. The highest BCUT2D eigenvalue weighted by atomic mass is 35.5. The largest absolute Gasteiger partial charge is 0.370 e. The van der Waals surface area contributed by atoms with E-state index >= 15 is 0 Å². The first kappa shape index (κ1) is 15.1. The Kier molecular flexibility index (Phi) is 5.20. The highest BCUT2D eigenvalue weighted by molar-refractivity contribution is 6.33. The molecule has 20 heavy (non-hydrogen) atoms. The van der Waals surface area contributed by atoms with Gasteiger partial charge in [-0.1, -0.05) is 11.6 Å². The fourth-order valence-corrected chi connectivity index (χ4v) is 2.59. The maximum absolute atomic E-state index is 12.2. The van der Waals surface area contributed by atoms with Crippen LogP contribution in [0.3, 0.4) is 0 Å². The quantitative estimate of drug-likeness (QED) is 0.871. The molecule has 5 nitrogen and oxygen atoms in total. The zero-order valence-corrected chi connectivity index (χ0v) is 12.7. The number of carbonyl (C=O) groups is 1. The van der Waals surface area contributed by atoms with Crippen LogP contribution in [0.1, 0.15) is 23.8 Å². The summed E-state index contributed by atoms with van der Waals surface area (Å²) in [5.41, 5.74) is 0.288. The predicted molar refractivity (Wildman–Crippen MR) is 81.3 cm³/mol. The third-order valence-corrected chi connectivity index (χ3v) is 3.76. The van der Waals surface area contributed by atoms with Crippen molar-refractivity contribution < 1.29 is 4.79 Å². The normalized spacial score (nSPS) is 19.1. The van der Waals surface area contributed by atoms with Gasteiger partial charge in [0.2, 0.25) is 0 Å². The van der Waals surface area contributed by atoms with E-state index in [9.17, 15) is 4.79 Å². The second kappa shape index (κ2) is 6.90. The summed E-state index contributed by atoms with van der Waals surface area (Å²) in [5, 5.41) is 6.39. The minimum atomic E-state index is -0.204. The fraction of sp³-hybridized carbons (Fsp3) is 0.571. The molecule has 2 N–H and O–H groups in total. The van der Waals surface area contributed by atoms with Gasteiger partial charge in [-0.15, -0.1) is 0 Å². The zero-order valence-electron chi connectivity index (χ0n) is 11.9. The van der Waals surface area contributed by atoms with Crippen molar-refractivity contribution in [3.63, 3.8) is 0 Å². The van der Waals surface area contributed by atoms with Gasteiger partial charge in [-0.25, -0.2) is 4.98 Å². The summed E-state index contributed by atoms with van der Waals surface area (Å²) in [6.45, 7) is 5.53. The monoisotopic (exact) mass is 296 g/mol. The standard InChI is InChI=1S/C14H21ClN4O/c1-3-16-12-5-4-11(15)13(18-12)14(20)17-8-10-6-7-19(2)9-10/h4-5,10H,3,6-9H2,1-2H3,(H,16,18)(H,17,20). The van der Waals surface area contributed by atoms with Gasteiger partial charge in [-0.05, 0) is 45.0 Å². The molecule has 1 aliphatic heterocycles. The van der Waals surface area contributed by atoms with Gasteiger partial charge in [0.1, 0.15) is 11.5 Å². The summed E-state index contributed by atoms with van der Waals surface area (Å²) in [6, 6.07) is 3.47. The van der Waals surface area contributed by atoms with E-state index in [1.54, 1.807) is 12.1 Å². The summed E-state index contributed by atoms with van der Waals surface area (Å²) in [6.07, 6.45) is 1.12. The first-order chi connectivity index (χ1) is 9.60. The van der Waals surface area contributed by atoms with Crippen LogP contribution in [-0.4, -0.2) is 49.0 Å². The van der Waals surface area contributed by atoms with Crippen LogP contribution in [0, 0.1) is 5.92 Å². The maximum Gasteiger partial charge on any atom is 0.271 e. The van der Waals surface area contributed by atoms with Crippen molar-refractivity contribution in [2.45, 2.75) is 13.3 Å². The Morgan fingerprint density at radius 2 is 2.35 bits per heavy atom. The summed E-state index contributed by atoms with van der Waals surface area (Å²) < 4.78 is 0. The van der Waals surface area contributed by atoms with Gasteiger partial charge in [0.25, 0.3) is 5.91 Å². The van der Waals surface area contributed by atoms with Gasteiger partial charge < -0.3 is 15.5 Å². The van der Waals surface area contributed by atoms with E-state index in [1.165, 1.54) is 0 Å². The molecule has 0 bridgehead atoms. The third kappa shape index (κ3) is 3.84. The van der Waals surface area contributed by atoms with Crippen LogP contribution in [0.15, 0.2) is 12.1 Å². The Morgan fingerprint density at radius 1 is 1.55 bits per heavy atom. The topological polar surface area (TPSA) is 57.3 Å². The predicted octanol–water partition coefficient (Wildman–Crippen LogP) is 1.85. The molecule has 0 radical (unpaired) electrons. The molecule has 0 spiro atoms. The van der Waals surface area contributed by atoms with Gasteiger partial charge in [-0.3, -0.25) is 4.79 Å². The number of hydrogen-bond donors (Lipinski definition) is 2. The van der Waals surface area contributed by atoms with Gasteiger partial charge in [0.05, 0.1) is 5.02 Å². The second-order valence-electron chi connectivity index (χ2n) is 5.18. The van der Waals surface area contributed by atoms with Crippen molar-refractivity contribution in [1.29, 1.82) is 0 Å². The molecule has 110 valence electrons. The smallest absolute Gasteiger partial charge is 0.271 e. The average Bonchev–Trinajstić information content (AvgIpc) is 2.84. The Morgan fingerprint density at radius 3 is 3.00 bits per heavy atom. The van der Waals surface area contributed by atoms with Crippen molar-refractivity contribution in [2.75, 3.05) is 38.5 Å². The molecule has 1 atom stereocenters. The molecule has 0 saturated carbocycles. The number of hydrogen-bond acceptors (Lipinski definition) is 4. The molecule has 1 unspecified atom stereocenters. The van der Waals surface area contributed by atoms with Crippen LogP contribution in [0.5, 0.6) is 0 Å². The number of halogens is 1. The van der Waals surface area contributed by atoms with Gasteiger partial charge in [-0.2, -0.15) is 0 Å². The van der Waals surface area contributed by atoms with Crippen molar-refractivity contribution >= 4 is 23.3 Å². The van der Waals surface area contributed by atoms with Crippen molar-refractivity contribution in [3.8, 4) is 0 Å². The lowest BCUT2D eigenvalue weighted by atomic mass is 10.1. The molecule has 0 aromatic carbocycles. The highest BCUT2D eigenvalue weighted by Crippen LogP contribution is 2.17. The van der Waals surface area contributed by atoms with E-state index in [4.69, 9.17) is 11.6 Å². The minimum Gasteiger partial charge on any atom is -0.370 e. The van der Waals surface area contributed by atoms with E-state index in [0.29, 0.717) is 23.3 Å². The first-order valence-corrected chi connectivity index (χ1v) is 7.35. The number of pyridine rings is 1. The fourth-order valence-electron chi connectivity index (χ4n) is 2.39. The van der Waals surface area contributed by atoms with Crippen LogP contribution >= 0.6 is 11.6 Å². The van der Waals surface area contributed by atoms with Crippen LogP contribution in [0.25, 0.3) is 0 Å². The number of aromatic nitrogens is 1. The molecular weight excluding hydrogens is 276 g/mol. The molecule has 2 rings (SSSR count). The van der Waals surface area contributed by atoms with Gasteiger partial charge >= 0.3 is 0 Å². The Bertz CT molecular complexity index is 480. The van der Waals surface area contributed by atoms with Crippen LogP contribution < -0.4 is 10.6 Å². The minimum absolute atomic E-state index is 0.204. The number of nitrogens with zero attached hydrogens (tertiary/aromatic N) is 2. The summed E-state index contributed by atoms with van der Waals surface area (Å²) in [5.74, 6) is 0.978. The van der Waals surface area contributed by atoms with Crippen LogP contribution in [0.2, 0.25) is 5.02 Å². The molecule has 1 aliphatic rings. The summed E-state index contributed by atoms with van der Waals surface area (Å²) in [4.78, 5) is 18.7. The number of anilines is 1. The molecule has 1 aromatic rings. The van der Waals surface area contributed by atoms with E-state index in [2.05, 4.69) is 27.6 Å². The first-order valence-electron chi connectivity index (χ1n) is 6.97. The van der Waals surface area contributed by atoms with E-state index in [0.717, 1.165) is 26.1 Å². The number of rotatable bonds is 5. The SMILES string of the molecule is CCNc1ccc(Cl)c(C(=O)NCC2CCN(C)C2)n1. The van der Waals surface area contributed by atoms with Gasteiger partial charge in [0.15, 0.2) is 0 Å². The Labute approximate surface area is 124 Å². The number of nitrogens with one attached hydrogen (secondary N) is 2. The molecule has 0 aliphatic carbocycles. The second-order valence-corrected chi connectivity index (χ2v) is 5.59. The zero-order chi connectivity index (χ0) is 14.5. The lowest BCUT2D eigenvalue weighted by molar-refractivity contribution is 0.0943. The van der Waals surface area contributed by atoms with E-state index < -0.39 is 0 Å². The third-order valence-electron chi connectivity index (χ3n) is 3.46. The van der Waals surface area contributed by atoms with E-state index in [1.807, 2.05) is 6.92 Å².